The molecule has 0 bridgehead atoms. The maximum absolute atomic E-state index is 5.29. The number of ether oxygens (including phenoxy) is 2. The van der Waals surface area contributed by atoms with E-state index in [1.165, 1.54) is 11.1 Å². The van der Waals surface area contributed by atoms with E-state index < -0.39 is 0 Å². The average Bonchev–Trinajstić information content (AvgIpc) is 2.53. The van der Waals surface area contributed by atoms with Gasteiger partial charge in [-0.2, -0.15) is 0 Å². The molecule has 0 radical (unpaired) electrons. The Bertz CT molecular complexity index is 583. The molecule has 0 unspecified atom stereocenters. The molecule has 0 heterocycles. The highest BCUT2D eigenvalue weighted by Crippen LogP contribution is 2.21. The Morgan fingerprint density at radius 2 is 1.50 bits per heavy atom. The number of methoxy groups -OCH3 is 2. The second-order valence-electron chi connectivity index (χ2n) is 4.52. The Kier molecular flexibility index (Phi) is 4.83. The molecule has 0 aliphatic rings. The molecule has 2 rings (SSSR count). The number of rotatable bonds is 5. The van der Waals surface area contributed by atoms with Crippen LogP contribution in [0.2, 0.25) is 0 Å². The van der Waals surface area contributed by atoms with Gasteiger partial charge in [-0.05, 0) is 47.4 Å². The Morgan fingerprint density at radius 3 is 2.10 bits per heavy atom. The van der Waals surface area contributed by atoms with Crippen molar-refractivity contribution in [2.24, 2.45) is 0 Å². The first-order valence-electron chi connectivity index (χ1n) is 6.76. The van der Waals surface area contributed by atoms with Crippen molar-refractivity contribution in [1.29, 1.82) is 0 Å². The third-order valence-corrected chi connectivity index (χ3v) is 3.31. The van der Waals surface area contributed by atoms with Crippen molar-refractivity contribution < 1.29 is 9.47 Å². The van der Waals surface area contributed by atoms with E-state index in [1.807, 2.05) is 30.3 Å². The molecule has 0 spiro atoms. The zero-order valence-electron chi connectivity index (χ0n) is 12.2. The highest BCUT2D eigenvalue weighted by Gasteiger charge is 2.00. The van der Waals surface area contributed by atoms with Gasteiger partial charge in [0.05, 0.1) is 14.2 Å². The molecule has 0 saturated carbocycles. The standard InChI is InChI=1S/C18H20O2/c1-4-15-9-12-18(20-3)13-16(15)8-5-14-6-10-17(19-2)11-7-14/h5-13H,4H2,1-3H3/b8-5+. The topological polar surface area (TPSA) is 18.5 Å². The largest absolute Gasteiger partial charge is 0.497 e. The Hall–Kier alpha value is -2.22. The molecule has 0 aromatic heterocycles. The molecule has 104 valence electrons. The second-order valence-corrected chi connectivity index (χ2v) is 4.52. The maximum atomic E-state index is 5.29. The van der Waals surface area contributed by atoms with Gasteiger partial charge in [-0.1, -0.05) is 37.3 Å². The highest BCUT2D eigenvalue weighted by molar-refractivity contribution is 5.72. The SMILES string of the molecule is CCc1ccc(OC)cc1/C=C/c1ccc(OC)cc1. The summed E-state index contributed by atoms with van der Waals surface area (Å²) < 4.78 is 10.4. The van der Waals surface area contributed by atoms with Crippen molar-refractivity contribution in [3.05, 3.63) is 59.2 Å². The van der Waals surface area contributed by atoms with E-state index in [2.05, 4.69) is 31.2 Å². The van der Waals surface area contributed by atoms with Gasteiger partial charge in [-0.15, -0.1) is 0 Å². The van der Waals surface area contributed by atoms with E-state index in [-0.39, 0.29) is 0 Å². The molecule has 2 aromatic carbocycles. The van der Waals surface area contributed by atoms with Gasteiger partial charge in [-0.25, -0.2) is 0 Å². The van der Waals surface area contributed by atoms with Crippen LogP contribution in [0.3, 0.4) is 0 Å². The first kappa shape index (κ1) is 14.2. The van der Waals surface area contributed by atoms with E-state index in [9.17, 15) is 0 Å². The van der Waals surface area contributed by atoms with Crippen molar-refractivity contribution in [1.82, 2.24) is 0 Å². The van der Waals surface area contributed by atoms with Gasteiger partial charge in [0, 0.05) is 0 Å². The molecule has 0 aliphatic heterocycles. The molecule has 2 nitrogen and oxygen atoms in total. The van der Waals surface area contributed by atoms with Crippen LogP contribution < -0.4 is 9.47 Å². The fourth-order valence-electron chi connectivity index (χ4n) is 2.08. The van der Waals surface area contributed by atoms with Gasteiger partial charge < -0.3 is 9.47 Å². The van der Waals surface area contributed by atoms with Gasteiger partial charge in [0.2, 0.25) is 0 Å². The van der Waals surface area contributed by atoms with E-state index in [1.54, 1.807) is 14.2 Å². The molecule has 0 saturated heterocycles. The van der Waals surface area contributed by atoms with Gasteiger partial charge in [0.15, 0.2) is 0 Å². The highest BCUT2D eigenvalue weighted by atomic mass is 16.5. The molecule has 20 heavy (non-hydrogen) atoms. The molecule has 0 aliphatic carbocycles. The molecular weight excluding hydrogens is 248 g/mol. The van der Waals surface area contributed by atoms with Crippen LogP contribution in [0.25, 0.3) is 12.2 Å². The first-order valence-corrected chi connectivity index (χ1v) is 6.76. The Labute approximate surface area is 120 Å². The van der Waals surface area contributed by atoms with Gasteiger partial charge >= 0.3 is 0 Å². The zero-order chi connectivity index (χ0) is 14.4. The van der Waals surface area contributed by atoms with Gasteiger partial charge in [-0.3, -0.25) is 0 Å². The summed E-state index contributed by atoms with van der Waals surface area (Å²) in [7, 11) is 3.37. The van der Waals surface area contributed by atoms with Crippen LogP contribution in [0.15, 0.2) is 42.5 Å². The summed E-state index contributed by atoms with van der Waals surface area (Å²) in [6.45, 7) is 2.16. The van der Waals surface area contributed by atoms with Crippen LogP contribution in [0.1, 0.15) is 23.6 Å². The van der Waals surface area contributed by atoms with Crippen LogP contribution in [-0.4, -0.2) is 14.2 Å². The number of benzene rings is 2. The van der Waals surface area contributed by atoms with Crippen molar-refractivity contribution in [3.63, 3.8) is 0 Å². The summed E-state index contributed by atoms with van der Waals surface area (Å²) in [5.74, 6) is 1.76. The van der Waals surface area contributed by atoms with Crippen LogP contribution in [0.5, 0.6) is 11.5 Å². The third kappa shape index (κ3) is 3.41. The summed E-state index contributed by atoms with van der Waals surface area (Å²) >= 11 is 0. The third-order valence-electron chi connectivity index (χ3n) is 3.31. The Balaban J connectivity index is 2.24. The van der Waals surface area contributed by atoms with E-state index in [0.29, 0.717) is 0 Å². The summed E-state index contributed by atoms with van der Waals surface area (Å²) in [5.41, 5.74) is 3.66. The minimum atomic E-state index is 0.873. The van der Waals surface area contributed by atoms with Crippen molar-refractivity contribution in [2.75, 3.05) is 14.2 Å². The lowest BCUT2D eigenvalue weighted by atomic mass is 10.0. The fraction of sp³-hybridized carbons (Fsp3) is 0.222. The second kappa shape index (κ2) is 6.80. The van der Waals surface area contributed by atoms with Gasteiger partial charge in [0.1, 0.15) is 11.5 Å². The van der Waals surface area contributed by atoms with Crippen LogP contribution in [-0.2, 0) is 6.42 Å². The van der Waals surface area contributed by atoms with Crippen LogP contribution in [0, 0.1) is 0 Å². The predicted octanol–water partition coefficient (Wildman–Crippen LogP) is 4.44. The fourth-order valence-corrected chi connectivity index (χ4v) is 2.08. The Morgan fingerprint density at radius 1 is 0.850 bits per heavy atom. The molecule has 0 fully saturated rings. The van der Waals surface area contributed by atoms with E-state index in [0.717, 1.165) is 23.5 Å². The summed E-state index contributed by atoms with van der Waals surface area (Å²) in [5, 5.41) is 0. The van der Waals surface area contributed by atoms with E-state index in [4.69, 9.17) is 9.47 Å². The summed E-state index contributed by atoms with van der Waals surface area (Å²) in [6.07, 6.45) is 5.24. The summed E-state index contributed by atoms with van der Waals surface area (Å²) in [6, 6.07) is 14.2. The van der Waals surface area contributed by atoms with Crippen LogP contribution in [0.4, 0.5) is 0 Å². The number of aryl methyl sites for hydroxylation is 1. The molecule has 0 N–H and O–H groups in total. The minimum absolute atomic E-state index is 0.873. The zero-order valence-corrected chi connectivity index (χ0v) is 12.2. The predicted molar refractivity (Wildman–Crippen MR) is 84.3 cm³/mol. The van der Waals surface area contributed by atoms with Crippen molar-refractivity contribution >= 4 is 12.2 Å². The summed E-state index contributed by atoms with van der Waals surface area (Å²) in [4.78, 5) is 0. The number of hydrogen-bond acceptors (Lipinski definition) is 2. The molecule has 0 atom stereocenters. The lowest BCUT2D eigenvalue weighted by Gasteiger charge is -2.06. The average molecular weight is 268 g/mol. The molecule has 2 heteroatoms. The monoisotopic (exact) mass is 268 g/mol. The minimum Gasteiger partial charge on any atom is -0.497 e. The normalized spacial score (nSPS) is 10.8. The molecular formula is C18H20O2. The lowest BCUT2D eigenvalue weighted by molar-refractivity contribution is 0.414. The lowest BCUT2D eigenvalue weighted by Crippen LogP contribution is -1.89. The van der Waals surface area contributed by atoms with Crippen molar-refractivity contribution in [2.45, 2.75) is 13.3 Å². The quantitative estimate of drug-likeness (QED) is 0.746. The first-order chi connectivity index (χ1) is 9.76. The molecule has 0 amide bonds. The van der Waals surface area contributed by atoms with Crippen molar-refractivity contribution in [3.8, 4) is 11.5 Å². The smallest absolute Gasteiger partial charge is 0.119 e. The van der Waals surface area contributed by atoms with Crippen LogP contribution >= 0.6 is 0 Å². The van der Waals surface area contributed by atoms with Gasteiger partial charge in [0.25, 0.3) is 0 Å². The maximum Gasteiger partial charge on any atom is 0.119 e. The van der Waals surface area contributed by atoms with E-state index >= 15 is 0 Å². The number of hydrogen-bond donors (Lipinski definition) is 0. The molecule has 2 aromatic rings.